The van der Waals surface area contributed by atoms with Crippen LogP contribution < -0.4 is 5.32 Å². The highest BCUT2D eigenvalue weighted by atomic mass is 35.5. The minimum atomic E-state index is -0.592. The average Bonchev–Trinajstić information content (AvgIpc) is 2.91. The van der Waals surface area contributed by atoms with Gasteiger partial charge in [-0.1, -0.05) is 23.7 Å². The lowest BCUT2D eigenvalue weighted by Crippen LogP contribution is -2.24. The first-order chi connectivity index (χ1) is 10.2. The molecule has 0 amide bonds. The number of halogens is 1. The largest absolute Gasteiger partial charge is 0.462 e. The monoisotopic (exact) mass is 305 g/mol. The number of nitrogens with one attached hydrogen (secondary N) is 1. The second kappa shape index (κ2) is 7.00. The Hall–Kier alpha value is -2.19. The second-order valence-corrected chi connectivity index (χ2v) is 4.97. The molecule has 0 aliphatic carbocycles. The van der Waals surface area contributed by atoms with E-state index in [2.05, 4.69) is 5.32 Å². The molecule has 0 bridgehead atoms. The summed E-state index contributed by atoms with van der Waals surface area (Å²) < 4.78 is 4.92. The SMILES string of the molecule is CCOC(=O)C(C#N)=C1NCCN1Cc1ccc(Cl)cc1. The molecule has 110 valence electrons. The van der Waals surface area contributed by atoms with Gasteiger partial charge < -0.3 is 15.0 Å². The van der Waals surface area contributed by atoms with Gasteiger partial charge in [-0.25, -0.2) is 4.79 Å². The van der Waals surface area contributed by atoms with E-state index in [-0.39, 0.29) is 12.2 Å². The molecule has 0 spiro atoms. The van der Waals surface area contributed by atoms with Gasteiger partial charge in [-0.2, -0.15) is 5.26 Å². The summed E-state index contributed by atoms with van der Waals surface area (Å²) in [5.74, 6) is -0.0589. The van der Waals surface area contributed by atoms with Gasteiger partial charge in [0.05, 0.1) is 6.61 Å². The zero-order chi connectivity index (χ0) is 15.2. The molecule has 6 heteroatoms. The van der Waals surface area contributed by atoms with Gasteiger partial charge in [-0.3, -0.25) is 0 Å². The number of rotatable bonds is 4. The van der Waals surface area contributed by atoms with Crippen LogP contribution in [0.5, 0.6) is 0 Å². The molecule has 1 saturated heterocycles. The Morgan fingerprint density at radius 1 is 1.48 bits per heavy atom. The summed E-state index contributed by atoms with van der Waals surface area (Å²) in [6.45, 7) is 3.97. The normalized spacial score (nSPS) is 16.1. The van der Waals surface area contributed by atoms with E-state index in [1.54, 1.807) is 6.92 Å². The first-order valence-electron chi connectivity index (χ1n) is 6.70. The Balaban J connectivity index is 2.21. The molecule has 1 fully saturated rings. The maximum Gasteiger partial charge on any atom is 0.352 e. The van der Waals surface area contributed by atoms with E-state index < -0.39 is 5.97 Å². The van der Waals surface area contributed by atoms with Crippen molar-refractivity contribution in [3.05, 3.63) is 46.2 Å². The van der Waals surface area contributed by atoms with Gasteiger partial charge in [-0.15, -0.1) is 0 Å². The molecule has 1 aliphatic heterocycles. The fraction of sp³-hybridized carbons (Fsp3) is 0.333. The number of hydrogen-bond donors (Lipinski definition) is 1. The molecule has 0 unspecified atom stereocenters. The molecule has 5 nitrogen and oxygen atoms in total. The summed E-state index contributed by atoms with van der Waals surface area (Å²) >= 11 is 5.87. The Bertz CT molecular complexity index is 590. The molecule has 0 aromatic heterocycles. The van der Waals surface area contributed by atoms with Crippen LogP contribution in [0.3, 0.4) is 0 Å². The molecule has 0 atom stereocenters. The molecule has 2 rings (SSSR count). The van der Waals surface area contributed by atoms with E-state index in [1.165, 1.54) is 0 Å². The van der Waals surface area contributed by atoms with Gasteiger partial charge in [0.25, 0.3) is 0 Å². The molecule has 1 N–H and O–H groups in total. The molecule has 1 aromatic carbocycles. The minimum absolute atomic E-state index is 0.0170. The molecule has 1 aromatic rings. The van der Waals surface area contributed by atoms with Crippen LogP contribution in [0.2, 0.25) is 5.02 Å². The molecule has 1 heterocycles. The fourth-order valence-electron chi connectivity index (χ4n) is 2.15. The third kappa shape index (κ3) is 3.67. The maximum atomic E-state index is 11.8. The van der Waals surface area contributed by atoms with Gasteiger partial charge in [0, 0.05) is 24.7 Å². The van der Waals surface area contributed by atoms with Crippen LogP contribution >= 0.6 is 11.6 Å². The minimum Gasteiger partial charge on any atom is -0.462 e. The fourth-order valence-corrected chi connectivity index (χ4v) is 2.27. The van der Waals surface area contributed by atoms with E-state index in [0.29, 0.717) is 23.9 Å². The van der Waals surface area contributed by atoms with E-state index in [1.807, 2.05) is 35.2 Å². The lowest BCUT2D eigenvalue weighted by Gasteiger charge is -2.20. The number of esters is 1. The molecule has 1 aliphatic rings. The number of carbonyl (C=O) groups excluding carboxylic acids is 1. The van der Waals surface area contributed by atoms with Crippen LogP contribution in [0.15, 0.2) is 35.7 Å². The average molecular weight is 306 g/mol. The molecule has 0 radical (unpaired) electrons. The summed E-state index contributed by atoms with van der Waals surface area (Å²) in [5, 5.41) is 13.0. The summed E-state index contributed by atoms with van der Waals surface area (Å²) in [5.41, 5.74) is 1.07. The number of nitriles is 1. The summed E-state index contributed by atoms with van der Waals surface area (Å²) in [6.07, 6.45) is 0. The van der Waals surface area contributed by atoms with Gasteiger partial charge >= 0.3 is 5.97 Å². The van der Waals surface area contributed by atoms with E-state index in [0.717, 1.165) is 12.1 Å². The van der Waals surface area contributed by atoms with Crippen molar-refractivity contribution < 1.29 is 9.53 Å². The Labute approximate surface area is 128 Å². The smallest absolute Gasteiger partial charge is 0.352 e. The molecular weight excluding hydrogens is 290 g/mol. The van der Waals surface area contributed by atoms with Crippen molar-refractivity contribution >= 4 is 17.6 Å². The van der Waals surface area contributed by atoms with E-state index in [9.17, 15) is 10.1 Å². The van der Waals surface area contributed by atoms with Gasteiger partial charge in [0.1, 0.15) is 11.9 Å². The number of ether oxygens (including phenoxy) is 1. The predicted molar refractivity (Wildman–Crippen MR) is 79.1 cm³/mol. The number of hydrogen-bond acceptors (Lipinski definition) is 5. The Morgan fingerprint density at radius 2 is 2.19 bits per heavy atom. The van der Waals surface area contributed by atoms with Crippen molar-refractivity contribution in [1.29, 1.82) is 5.26 Å². The van der Waals surface area contributed by atoms with E-state index in [4.69, 9.17) is 16.3 Å². The van der Waals surface area contributed by atoms with Crippen LogP contribution in [-0.2, 0) is 16.1 Å². The van der Waals surface area contributed by atoms with Crippen molar-refractivity contribution in [1.82, 2.24) is 10.2 Å². The third-order valence-corrected chi connectivity index (χ3v) is 3.36. The predicted octanol–water partition coefficient (Wildman–Crippen LogP) is 2.04. The summed E-state index contributed by atoms with van der Waals surface area (Å²) in [7, 11) is 0. The summed E-state index contributed by atoms with van der Waals surface area (Å²) in [6, 6.07) is 9.42. The number of benzene rings is 1. The first-order valence-corrected chi connectivity index (χ1v) is 7.08. The molecule has 21 heavy (non-hydrogen) atoms. The number of nitrogens with zero attached hydrogens (tertiary/aromatic N) is 2. The van der Waals surface area contributed by atoms with Crippen LogP contribution in [0, 0.1) is 11.3 Å². The van der Waals surface area contributed by atoms with Gasteiger partial charge in [0.2, 0.25) is 0 Å². The van der Waals surface area contributed by atoms with E-state index >= 15 is 0 Å². The lowest BCUT2D eigenvalue weighted by atomic mass is 10.2. The number of carbonyl (C=O) groups is 1. The van der Waals surface area contributed by atoms with Gasteiger partial charge in [0.15, 0.2) is 5.57 Å². The maximum absolute atomic E-state index is 11.8. The highest BCUT2D eigenvalue weighted by Gasteiger charge is 2.25. The Morgan fingerprint density at radius 3 is 2.81 bits per heavy atom. The van der Waals surface area contributed by atoms with Crippen LogP contribution in [-0.4, -0.2) is 30.6 Å². The first kappa shape index (κ1) is 15.2. The summed E-state index contributed by atoms with van der Waals surface area (Å²) in [4.78, 5) is 13.8. The topological polar surface area (TPSA) is 65.4 Å². The van der Waals surface area contributed by atoms with Crippen LogP contribution in [0.1, 0.15) is 12.5 Å². The van der Waals surface area contributed by atoms with Crippen LogP contribution in [0.4, 0.5) is 0 Å². The standard InChI is InChI=1S/C15H16ClN3O2/c1-2-21-15(20)13(9-17)14-18-7-8-19(14)10-11-3-5-12(16)6-4-11/h3-6,18H,2,7-8,10H2,1H3. The van der Waals surface area contributed by atoms with Crippen LogP contribution in [0.25, 0.3) is 0 Å². The lowest BCUT2D eigenvalue weighted by molar-refractivity contribution is -0.138. The van der Waals surface area contributed by atoms with Crippen molar-refractivity contribution in [2.24, 2.45) is 0 Å². The van der Waals surface area contributed by atoms with Crippen molar-refractivity contribution in [3.8, 4) is 6.07 Å². The highest BCUT2D eigenvalue weighted by molar-refractivity contribution is 6.30. The Kier molecular flexibility index (Phi) is 5.07. The second-order valence-electron chi connectivity index (χ2n) is 4.53. The van der Waals surface area contributed by atoms with Crippen molar-refractivity contribution in [2.75, 3.05) is 19.7 Å². The zero-order valence-electron chi connectivity index (χ0n) is 11.7. The molecular formula is C15H16ClN3O2. The quantitative estimate of drug-likeness (QED) is 0.524. The molecule has 0 saturated carbocycles. The third-order valence-electron chi connectivity index (χ3n) is 3.11. The highest BCUT2D eigenvalue weighted by Crippen LogP contribution is 2.18. The van der Waals surface area contributed by atoms with Crippen molar-refractivity contribution in [3.63, 3.8) is 0 Å². The van der Waals surface area contributed by atoms with Crippen molar-refractivity contribution in [2.45, 2.75) is 13.5 Å². The van der Waals surface area contributed by atoms with Gasteiger partial charge in [-0.05, 0) is 24.6 Å². The zero-order valence-corrected chi connectivity index (χ0v) is 12.5.